The lowest BCUT2D eigenvalue weighted by atomic mass is 9.94. The number of nitriles is 1. The standard InChI is InChI=1S/C16H14BrClN2/c1-16(11-19,10-12-5-3-2-4-6-12)20-13-7-8-15(18)14(17)9-13/h2-9,20H,10H2,1H3. The summed E-state index contributed by atoms with van der Waals surface area (Å²) in [7, 11) is 0. The third-order valence-electron chi connectivity index (χ3n) is 2.99. The van der Waals surface area contributed by atoms with Crippen LogP contribution in [-0.2, 0) is 6.42 Å². The molecule has 0 spiro atoms. The van der Waals surface area contributed by atoms with E-state index in [9.17, 15) is 5.26 Å². The van der Waals surface area contributed by atoms with Gasteiger partial charge in [-0.1, -0.05) is 41.9 Å². The highest BCUT2D eigenvalue weighted by Gasteiger charge is 2.24. The van der Waals surface area contributed by atoms with Crippen molar-refractivity contribution in [1.82, 2.24) is 0 Å². The molecule has 0 amide bonds. The Labute approximate surface area is 132 Å². The Morgan fingerprint density at radius 2 is 1.95 bits per heavy atom. The largest absolute Gasteiger partial charge is 0.367 e. The number of nitrogens with zero attached hydrogens (tertiary/aromatic N) is 1. The molecular formula is C16H14BrClN2. The molecule has 0 aromatic heterocycles. The first-order valence-electron chi connectivity index (χ1n) is 6.21. The molecule has 0 aliphatic heterocycles. The van der Waals surface area contributed by atoms with Crippen LogP contribution in [0, 0.1) is 11.3 Å². The van der Waals surface area contributed by atoms with Gasteiger partial charge in [-0.05, 0) is 46.6 Å². The van der Waals surface area contributed by atoms with Gasteiger partial charge in [0.25, 0.3) is 0 Å². The van der Waals surface area contributed by atoms with E-state index < -0.39 is 5.54 Å². The summed E-state index contributed by atoms with van der Waals surface area (Å²) in [6, 6.07) is 17.9. The fraction of sp³-hybridized carbons (Fsp3) is 0.188. The number of benzene rings is 2. The molecule has 2 aromatic rings. The Bertz CT molecular complexity index is 637. The number of hydrogen-bond donors (Lipinski definition) is 1. The Hall–Kier alpha value is -1.50. The van der Waals surface area contributed by atoms with Crippen molar-refractivity contribution in [3.8, 4) is 6.07 Å². The average Bonchev–Trinajstić information content (AvgIpc) is 2.44. The summed E-state index contributed by atoms with van der Waals surface area (Å²) < 4.78 is 0.809. The summed E-state index contributed by atoms with van der Waals surface area (Å²) in [5.74, 6) is 0. The van der Waals surface area contributed by atoms with Crippen molar-refractivity contribution in [3.63, 3.8) is 0 Å². The molecule has 0 heterocycles. The van der Waals surface area contributed by atoms with Gasteiger partial charge in [-0.3, -0.25) is 0 Å². The summed E-state index contributed by atoms with van der Waals surface area (Å²) in [5.41, 5.74) is 1.31. The van der Waals surface area contributed by atoms with Gasteiger partial charge in [0.15, 0.2) is 0 Å². The van der Waals surface area contributed by atoms with Crippen LogP contribution in [0.25, 0.3) is 0 Å². The van der Waals surface area contributed by atoms with Gasteiger partial charge in [-0.2, -0.15) is 5.26 Å². The first-order chi connectivity index (χ1) is 9.52. The van der Waals surface area contributed by atoms with Crippen LogP contribution < -0.4 is 5.32 Å². The molecule has 2 nitrogen and oxygen atoms in total. The molecule has 1 N–H and O–H groups in total. The molecule has 0 fully saturated rings. The molecule has 1 unspecified atom stereocenters. The van der Waals surface area contributed by atoms with Crippen molar-refractivity contribution < 1.29 is 0 Å². The third kappa shape index (κ3) is 3.75. The van der Waals surface area contributed by atoms with Gasteiger partial charge in [0.1, 0.15) is 5.54 Å². The lowest BCUT2D eigenvalue weighted by Crippen LogP contribution is -2.35. The lowest BCUT2D eigenvalue weighted by Gasteiger charge is -2.25. The van der Waals surface area contributed by atoms with Crippen LogP contribution in [0.15, 0.2) is 53.0 Å². The van der Waals surface area contributed by atoms with E-state index in [4.69, 9.17) is 11.6 Å². The zero-order chi connectivity index (χ0) is 14.6. The van der Waals surface area contributed by atoms with Crippen LogP contribution in [0.3, 0.4) is 0 Å². The molecule has 0 aliphatic rings. The Balaban J connectivity index is 2.19. The van der Waals surface area contributed by atoms with E-state index in [1.54, 1.807) is 6.07 Å². The summed E-state index contributed by atoms with van der Waals surface area (Å²) in [5, 5.41) is 13.4. The van der Waals surface area contributed by atoms with Crippen LogP contribution >= 0.6 is 27.5 Å². The first-order valence-corrected chi connectivity index (χ1v) is 7.38. The number of halogens is 2. The highest BCUT2D eigenvalue weighted by atomic mass is 79.9. The van der Waals surface area contributed by atoms with Crippen LogP contribution in [0.5, 0.6) is 0 Å². The number of hydrogen-bond acceptors (Lipinski definition) is 2. The maximum absolute atomic E-state index is 9.48. The van der Waals surface area contributed by atoms with Gasteiger partial charge >= 0.3 is 0 Å². The summed E-state index contributed by atoms with van der Waals surface area (Å²) in [6.45, 7) is 1.89. The molecule has 20 heavy (non-hydrogen) atoms. The molecule has 2 aromatic carbocycles. The topological polar surface area (TPSA) is 35.8 Å². The average molecular weight is 350 g/mol. The van der Waals surface area contributed by atoms with Crippen LogP contribution in [-0.4, -0.2) is 5.54 Å². The third-order valence-corrected chi connectivity index (χ3v) is 4.20. The van der Waals surface area contributed by atoms with E-state index >= 15 is 0 Å². The SMILES string of the molecule is CC(C#N)(Cc1ccccc1)Nc1ccc(Cl)c(Br)c1. The van der Waals surface area contributed by atoms with Gasteiger partial charge in [0, 0.05) is 16.6 Å². The highest BCUT2D eigenvalue weighted by Crippen LogP contribution is 2.28. The van der Waals surface area contributed by atoms with Crippen molar-refractivity contribution in [2.24, 2.45) is 0 Å². The van der Waals surface area contributed by atoms with E-state index in [0.717, 1.165) is 15.7 Å². The molecule has 0 aliphatic carbocycles. The Morgan fingerprint density at radius 3 is 2.55 bits per heavy atom. The normalized spacial score (nSPS) is 13.3. The van der Waals surface area contributed by atoms with Gasteiger partial charge in [0.05, 0.1) is 11.1 Å². The minimum absolute atomic E-state index is 0.630. The van der Waals surface area contributed by atoms with Crippen molar-refractivity contribution in [2.75, 3.05) is 5.32 Å². The second-order valence-corrected chi connectivity index (χ2v) is 6.12. The molecule has 102 valence electrons. The second-order valence-electron chi connectivity index (χ2n) is 4.86. The maximum Gasteiger partial charge on any atom is 0.126 e. The zero-order valence-corrected chi connectivity index (χ0v) is 13.4. The predicted octanol–water partition coefficient (Wildman–Crippen LogP) is 5.04. The molecule has 4 heteroatoms. The van der Waals surface area contributed by atoms with Gasteiger partial charge in [-0.25, -0.2) is 0 Å². The summed E-state index contributed by atoms with van der Waals surface area (Å²) in [6.07, 6.45) is 0.630. The molecule has 2 rings (SSSR count). The summed E-state index contributed by atoms with van der Waals surface area (Å²) >= 11 is 9.36. The van der Waals surface area contributed by atoms with Crippen molar-refractivity contribution in [1.29, 1.82) is 5.26 Å². The van der Waals surface area contributed by atoms with E-state index in [-0.39, 0.29) is 0 Å². The second kappa shape index (κ2) is 6.30. The minimum Gasteiger partial charge on any atom is -0.367 e. The fourth-order valence-corrected chi connectivity index (χ4v) is 2.50. The Morgan fingerprint density at radius 1 is 1.25 bits per heavy atom. The lowest BCUT2D eigenvalue weighted by molar-refractivity contribution is 0.646. The number of rotatable bonds is 4. The summed E-state index contributed by atoms with van der Waals surface area (Å²) in [4.78, 5) is 0. The molecule has 1 atom stereocenters. The van der Waals surface area contributed by atoms with Crippen molar-refractivity contribution >= 4 is 33.2 Å². The zero-order valence-electron chi connectivity index (χ0n) is 11.0. The van der Waals surface area contributed by atoms with E-state index in [0.29, 0.717) is 11.4 Å². The van der Waals surface area contributed by atoms with Crippen LogP contribution in [0.1, 0.15) is 12.5 Å². The number of nitrogens with one attached hydrogen (secondary N) is 1. The first kappa shape index (κ1) is 14.9. The van der Waals surface area contributed by atoms with E-state index in [2.05, 4.69) is 27.3 Å². The molecule has 0 saturated heterocycles. The van der Waals surface area contributed by atoms with Gasteiger partial charge in [-0.15, -0.1) is 0 Å². The highest BCUT2D eigenvalue weighted by molar-refractivity contribution is 9.10. The van der Waals surface area contributed by atoms with Crippen LogP contribution in [0.4, 0.5) is 5.69 Å². The molecule has 0 radical (unpaired) electrons. The van der Waals surface area contributed by atoms with Gasteiger partial charge < -0.3 is 5.32 Å². The smallest absolute Gasteiger partial charge is 0.126 e. The van der Waals surface area contributed by atoms with Crippen molar-refractivity contribution in [3.05, 3.63) is 63.6 Å². The van der Waals surface area contributed by atoms with E-state index in [1.807, 2.05) is 49.4 Å². The van der Waals surface area contributed by atoms with E-state index in [1.165, 1.54) is 0 Å². The maximum atomic E-state index is 9.48. The van der Waals surface area contributed by atoms with Crippen molar-refractivity contribution in [2.45, 2.75) is 18.9 Å². The number of anilines is 1. The molecular weight excluding hydrogens is 336 g/mol. The monoisotopic (exact) mass is 348 g/mol. The Kier molecular flexibility index (Phi) is 4.69. The minimum atomic E-state index is -0.672. The van der Waals surface area contributed by atoms with Crippen LogP contribution in [0.2, 0.25) is 5.02 Å². The fourth-order valence-electron chi connectivity index (χ4n) is 2.01. The molecule has 0 bridgehead atoms. The quantitative estimate of drug-likeness (QED) is 0.839. The predicted molar refractivity (Wildman–Crippen MR) is 86.9 cm³/mol. The molecule has 0 saturated carbocycles. The van der Waals surface area contributed by atoms with Gasteiger partial charge in [0.2, 0.25) is 0 Å².